The summed E-state index contributed by atoms with van der Waals surface area (Å²) in [7, 11) is 1.79. The van der Waals surface area contributed by atoms with Crippen molar-refractivity contribution in [2.75, 3.05) is 7.05 Å². The zero-order chi connectivity index (χ0) is 11.4. The predicted octanol–water partition coefficient (Wildman–Crippen LogP) is 3.13. The average molecular weight is 194 g/mol. The molecule has 2 heteroatoms. The molecule has 0 bridgehead atoms. The summed E-state index contributed by atoms with van der Waals surface area (Å²) in [6.07, 6.45) is 2.01. The average Bonchev–Trinajstić information content (AvgIpc) is 2.10. The third-order valence-corrected chi connectivity index (χ3v) is 2.20. The smallest absolute Gasteiger partial charge is 0.0549 e. The Kier molecular flexibility index (Phi) is 4.61. The van der Waals surface area contributed by atoms with E-state index < -0.39 is 0 Å². The maximum absolute atomic E-state index is 4.14. The molecule has 0 amide bonds. The molecule has 0 unspecified atom stereocenters. The third-order valence-electron chi connectivity index (χ3n) is 2.20. The largest absolute Gasteiger partial charge is 0.358 e. The summed E-state index contributed by atoms with van der Waals surface area (Å²) in [5.41, 5.74) is 3.11. The van der Waals surface area contributed by atoms with Crippen LogP contribution in [0.5, 0.6) is 0 Å². The van der Waals surface area contributed by atoms with E-state index in [2.05, 4.69) is 37.7 Å². The molecule has 2 nitrogen and oxygen atoms in total. The number of hydrogen-bond acceptors (Lipinski definition) is 2. The van der Waals surface area contributed by atoms with E-state index in [1.807, 2.05) is 19.9 Å². The second-order valence-corrected chi connectivity index (χ2v) is 4.36. The molecule has 0 fully saturated rings. The van der Waals surface area contributed by atoms with Gasteiger partial charge in [0.25, 0.3) is 0 Å². The lowest BCUT2D eigenvalue weighted by Gasteiger charge is -2.24. The minimum atomic E-state index is 0.0717. The summed E-state index contributed by atoms with van der Waals surface area (Å²) in [4.78, 5) is 4.14. The SMILES string of the molecule is C=C(N/C(=C/C)C(C)=NC)C(C)(C)C. The highest BCUT2D eigenvalue weighted by Gasteiger charge is 2.15. The lowest BCUT2D eigenvalue weighted by molar-refractivity contribution is 0.478. The number of rotatable bonds is 3. The Hall–Kier alpha value is -1.05. The molecule has 0 aromatic rings. The lowest BCUT2D eigenvalue weighted by Crippen LogP contribution is -2.25. The quantitative estimate of drug-likeness (QED) is 0.686. The first kappa shape index (κ1) is 12.9. The molecule has 0 radical (unpaired) electrons. The first-order chi connectivity index (χ1) is 6.32. The van der Waals surface area contributed by atoms with Crippen LogP contribution in [0.25, 0.3) is 0 Å². The van der Waals surface area contributed by atoms with Crippen molar-refractivity contribution >= 4 is 5.71 Å². The van der Waals surface area contributed by atoms with Gasteiger partial charge in [0.1, 0.15) is 0 Å². The number of nitrogens with one attached hydrogen (secondary N) is 1. The lowest BCUT2D eigenvalue weighted by atomic mass is 9.92. The van der Waals surface area contributed by atoms with Crippen molar-refractivity contribution in [1.29, 1.82) is 0 Å². The highest BCUT2D eigenvalue weighted by molar-refractivity contribution is 5.97. The number of hydrogen-bond donors (Lipinski definition) is 1. The van der Waals surface area contributed by atoms with Crippen LogP contribution < -0.4 is 5.32 Å². The van der Waals surface area contributed by atoms with Gasteiger partial charge in [-0.05, 0) is 13.8 Å². The summed E-state index contributed by atoms with van der Waals surface area (Å²) in [6, 6.07) is 0. The first-order valence-electron chi connectivity index (χ1n) is 4.89. The van der Waals surface area contributed by atoms with Crippen LogP contribution in [0.15, 0.2) is 29.0 Å². The van der Waals surface area contributed by atoms with Crippen molar-refractivity contribution in [3.8, 4) is 0 Å². The normalized spacial score (nSPS) is 14.1. The van der Waals surface area contributed by atoms with Crippen molar-refractivity contribution in [2.45, 2.75) is 34.6 Å². The molecule has 0 aliphatic carbocycles. The number of aliphatic imine (C=N–C) groups is 1. The Morgan fingerprint density at radius 2 is 1.86 bits per heavy atom. The summed E-state index contributed by atoms with van der Waals surface area (Å²) < 4.78 is 0. The van der Waals surface area contributed by atoms with Crippen LogP contribution in [-0.4, -0.2) is 12.8 Å². The highest BCUT2D eigenvalue weighted by Crippen LogP contribution is 2.21. The van der Waals surface area contributed by atoms with Crippen LogP contribution >= 0.6 is 0 Å². The Balaban J connectivity index is 4.60. The van der Waals surface area contributed by atoms with E-state index in [4.69, 9.17) is 0 Å². The van der Waals surface area contributed by atoms with Gasteiger partial charge >= 0.3 is 0 Å². The minimum Gasteiger partial charge on any atom is -0.358 e. The van der Waals surface area contributed by atoms with E-state index in [0.717, 1.165) is 17.1 Å². The topological polar surface area (TPSA) is 24.4 Å². The molecular weight excluding hydrogens is 172 g/mol. The van der Waals surface area contributed by atoms with Crippen LogP contribution in [-0.2, 0) is 0 Å². The van der Waals surface area contributed by atoms with Gasteiger partial charge in [0.15, 0.2) is 0 Å². The van der Waals surface area contributed by atoms with Crippen molar-refractivity contribution in [1.82, 2.24) is 5.32 Å². The molecular formula is C12H22N2. The van der Waals surface area contributed by atoms with E-state index >= 15 is 0 Å². The van der Waals surface area contributed by atoms with Gasteiger partial charge in [0.05, 0.1) is 11.4 Å². The van der Waals surface area contributed by atoms with Crippen LogP contribution in [0, 0.1) is 5.41 Å². The molecule has 0 aromatic carbocycles. The molecule has 0 rings (SSSR count). The zero-order valence-corrected chi connectivity index (χ0v) is 10.2. The van der Waals surface area contributed by atoms with Crippen LogP contribution in [0.3, 0.4) is 0 Å². The van der Waals surface area contributed by atoms with Gasteiger partial charge in [-0.3, -0.25) is 4.99 Å². The monoisotopic (exact) mass is 194 g/mol. The Morgan fingerprint density at radius 3 is 2.14 bits per heavy atom. The molecule has 0 aliphatic rings. The Labute approximate surface area is 87.8 Å². The van der Waals surface area contributed by atoms with E-state index in [1.165, 1.54) is 0 Å². The van der Waals surface area contributed by atoms with Gasteiger partial charge in [-0.25, -0.2) is 0 Å². The summed E-state index contributed by atoms with van der Waals surface area (Å²) in [6.45, 7) is 14.4. The summed E-state index contributed by atoms with van der Waals surface area (Å²) in [5.74, 6) is 0. The Morgan fingerprint density at radius 1 is 1.36 bits per heavy atom. The fourth-order valence-electron chi connectivity index (χ4n) is 0.842. The minimum absolute atomic E-state index is 0.0717. The van der Waals surface area contributed by atoms with Crippen LogP contribution in [0.1, 0.15) is 34.6 Å². The fraction of sp³-hybridized carbons (Fsp3) is 0.583. The van der Waals surface area contributed by atoms with Crippen molar-refractivity contribution in [2.24, 2.45) is 10.4 Å². The summed E-state index contributed by atoms with van der Waals surface area (Å²) >= 11 is 0. The van der Waals surface area contributed by atoms with E-state index in [-0.39, 0.29) is 5.41 Å². The molecule has 0 aromatic heterocycles. The van der Waals surface area contributed by atoms with Crippen molar-refractivity contribution in [3.05, 3.63) is 24.0 Å². The molecule has 1 N–H and O–H groups in total. The van der Waals surface area contributed by atoms with E-state index in [9.17, 15) is 0 Å². The molecule has 14 heavy (non-hydrogen) atoms. The van der Waals surface area contributed by atoms with Gasteiger partial charge in [-0.1, -0.05) is 33.4 Å². The van der Waals surface area contributed by atoms with Crippen LogP contribution in [0.4, 0.5) is 0 Å². The standard InChI is InChI=1S/C12H22N2/c1-8-11(9(2)13-7)14-10(3)12(4,5)6/h8,14H,3H2,1-2,4-7H3/b11-8+,13-9?. The molecule has 0 saturated carbocycles. The molecule has 0 atom stereocenters. The summed E-state index contributed by atoms with van der Waals surface area (Å²) in [5, 5.41) is 3.29. The third kappa shape index (κ3) is 3.77. The second kappa shape index (κ2) is 4.99. The van der Waals surface area contributed by atoms with E-state index in [1.54, 1.807) is 7.05 Å². The molecule has 0 saturated heterocycles. The number of allylic oxidation sites excluding steroid dienone is 3. The first-order valence-corrected chi connectivity index (χ1v) is 4.89. The van der Waals surface area contributed by atoms with Gasteiger partial charge in [-0.15, -0.1) is 0 Å². The van der Waals surface area contributed by atoms with Gasteiger partial charge in [0.2, 0.25) is 0 Å². The Bertz CT molecular complexity index is 265. The second-order valence-electron chi connectivity index (χ2n) is 4.36. The van der Waals surface area contributed by atoms with Crippen molar-refractivity contribution in [3.63, 3.8) is 0 Å². The van der Waals surface area contributed by atoms with Gasteiger partial charge < -0.3 is 5.32 Å². The van der Waals surface area contributed by atoms with Gasteiger partial charge in [0, 0.05) is 18.2 Å². The van der Waals surface area contributed by atoms with Crippen LogP contribution in [0.2, 0.25) is 0 Å². The number of nitrogens with zero attached hydrogens (tertiary/aromatic N) is 1. The van der Waals surface area contributed by atoms with Gasteiger partial charge in [-0.2, -0.15) is 0 Å². The van der Waals surface area contributed by atoms with Crippen molar-refractivity contribution < 1.29 is 0 Å². The molecule has 0 heterocycles. The predicted molar refractivity (Wildman–Crippen MR) is 64.5 cm³/mol. The zero-order valence-electron chi connectivity index (χ0n) is 10.2. The maximum atomic E-state index is 4.14. The highest BCUT2D eigenvalue weighted by atomic mass is 14.9. The fourth-order valence-corrected chi connectivity index (χ4v) is 0.842. The molecule has 0 spiro atoms. The molecule has 0 aliphatic heterocycles. The maximum Gasteiger partial charge on any atom is 0.0549 e. The van der Waals surface area contributed by atoms with E-state index in [0.29, 0.717) is 0 Å². The molecule has 80 valence electrons.